The largest absolute Gasteiger partial charge is 0.388 e. The van der Waals surface area contributed by atoms with Crippen molar-refractivity contribution >= 4 is 5.69 Å². The Labute approximate surface area is 128 Å². The van der Waals surface area contributed by atoms with Gasteiger partial charge >= 0.3 is 0 Å². The van der Waals surface area contributed by atoms with Crippen molar-refractivity contribution in [1.29, 1.82) is 0 Å². The average Bonchev–Trinajstić information content (AvgIpc) is 3.30. The van der Waals surface area contributed by atoms with Gasteiger partial charge in [-0.1, -0.05) is 19.9 Å². The van der Waals surface area contributed by atoms with Crippen molar-refractivity contribution in [3.8, 4) is 0 Å². The Bertz CT molecular complexity index is 548. The lowest BCUT2D eigenvalue weighted by molar-refractivity contribution is 0.0284. The van der Waals surface area contributed by atoms with Crippen LogP contribution in [0.1, 0.15) is 44.2 Å². The standard InChI is InChI=1S/C19H28N2/c1-13-18-10-15-6-7-16(20-3)11-17(15)19(13,2)8-9-21(18)12-14-4-5-14/h6-7,11,13-14,18,20H,4-5,8-10,12H2,1-3H3/t13-,18+,19+/m0/s1. The van der Waals surface area contributed by atoms with Crippen molar-refractivity contribution in [3.63, 3.8) is 0 Å². The van der Waals surface area contributed by atoms with E-state index in [1.54, 1.807) is 11.1 Å². The molecule has 114 valence electrons. The molecule has 4 rings (SSSR count). The Morgan fingerprint density at radius 3 is 2.86 bits per heavy atom. The van der Waals surface area contributed by atoms with Crippen LogP contribution in [0.2, 0.25) is 0 Å². The zero-order valence-electron chi connectivity index (χ0n) is 13.7. The molecule has 1 saturated heterocycles. The fourth-order valence-corrected chi connectivity index (χ4v) is 4.72. The SMILES string of the molecule is CNc1ccc2c(c1)[C@]1(C)CCN(CC3CC3)[C@H](C2)[C@@H]1C. The molecule has 0 radical (unpaired) electrons. The minimum absolute atomic E-state index is 0.366. The highest BCUT2D eigenvalue weighted by molar-refractivity contribution is 5.52. The number of piperidine rings is 1. The molecule has 1 aromatic carbocycles. The summed E-state index contributed by atoms with van der Waals surface area (Å²) in [4.78, 5) is 2.82. The normalized spacial score (nSPS) is 35.4. The van der Waals surface area contributed by atoms with Crippen molar-refractivity contribution in [2.24, 2.45) is 11.8 Å². The summed E-state index contributed by atoms with van der Waals surface area (Å²) in [6.45, 7) is 7.66. The van der Waals surface area contributed by atoms with Crippen molar-refractivity contribution < 1.29 is 0 Å². The van der Waals surface area contributed by atoms with Crippen LogP contribution in [0.25, 0.3) is 0 Å². The van der Waals surface area contributed by atoms with E-state index in [0.717, 1.165) is 17.9 Å². The summed E-state index contributed by atoms with van der Waals surface area (Å²) in [7, 11) is 2.03. The van der Waals surface area contributed by atoms with E-state index in [0.29, 0.717) is 5.41 Å². The van der Waals surface area contributed by atoms with E-state index < -0.39 is 0 Å². The molecule has 2 fully saturated rings. The molecule has 2 heteroatoms. The molecular formula is C19H28N2. The van der Waals surface area contributed by atoms with Crippen molar-refractivity contribution in [2.75, 3.05) is 25.5 Å². The minimum atomic E-state index is 0.366. The highest BCUT2D eigenvalue weighted by atomic mass is 15.2. The van der Waals surface area contributed by atoms with Gasteiger partial charge in [-0.3, -0.25) is 4.90 Å². The van der Waals surface area contributed by atoms with E-state index in [9.17, 15) is 0 Å². The molecule has 1 N–H and O–H groups in total. The molecular weight excluding hydrogens is 256 g/mol. The van der Waals surface area contributed by atoms with Crippen LogP contribution in [0.15, 0.2) is 18.2 Å². The fraction of sp³-hybridized carbons (Fsp3) is 0.684. The molecule has 2 aliphatic carbocycles. The summed E-state index contributed by atoms with van der Waals surface area (Å²) in [5.41, 5.74) is 4.84. The Hall–Kier alpha value is -1.02. The summed E-state index contributed by atoms with van der Waals surface area (Å²) in [6, 6.07) is 7.80. The quantitative estimate of drug-likeness (QED) is 0.911. The molecule has 3 aliphatic rings. The van der Waals surface area contributed by atoms with Crippen LogP contribution >= 0.6 is 0 Å². The Morgan fingerprint density at radius 1 is 1.33 bits per heavy atom. The van der Waals surface area contributed by atoms with E-state index in [4.69, 9.17) is 0 Å². The lowest BCUT2D eigenvalue weighted by Gasteiger charge is -2.55. The van der Waals surface area contributed by atoms with Gasteiger partial charge in [0.05, 0.1) is 0 Å². The summed E-state index contributed by atoms with van der Waals surface area (Å²) >= 11 is 0. The van der Waals surface area contributed by atoms with Gasteiger partial charge in [-0.05, 0) is 72.7 Å². The van der Waals surface area contributed by atoms with Gasteiger partial charge in [0.15, 0.2) is 0 Å². The third-order valence-electron chi connectivity index (χ3n) is 6.60. The van der Waals surface area contributed by atoms with Crippen LogP contribution in [-0.4, -0.2) is 31.1 Å². The Morgan fingerprint density at radius 2 is 2.14 bits per heavy atom. The van der Waals surface area contributed by atoms with E-state index in [1.807, 2.05) is 7.05 Å². The highest BCUT2D eigenvalue weighted by Crippen LogP contribution is 2.49. The number of nitrogens with one attached hydrogen (secondary N) is 1. The molecule has 21 heavy (non-hydrogen) atoms. The second kappa shape index (κ2) is 4.74. The van der Waals surface area contributed by atoms with Gasteiger partial charge in [0.25, 0.3) is 0 Å². The predicted molar refractivity (Wildman–Crippen MR) is 88.9 cm³/mol. The number of nitrogens with zero attached hydrogens (tertiary/aromatic N) is 1. The zero-order valence-corrected chi connectivity index (χ0v) is 13.7. The number of benzene rings is 1. The number of hydrogen-bond donors (Lipinski definition) is 1. The molecule has 1 heterocycles. The fourth-order valence-electron chi connectivity index (χ4n) is 4.72. The maximum absolute atomic E-state index is 3.32. The summed E-state index contributed by atoms with van der Waals surface area (Å²) in [5, 5.41) is 3.32. The van der Waals surface area contributed by atoms with Crippen LogP contribution in [0.4, 0.5) is 5.69 Å². The van der Waals surface area contributed by atoms with Crippen LogP contribution in [0.5, 0.6) is 0 Å². The van der Waals surface area contributed by atoms with Crippen LogP contribution in [0, 0.1) is 11.8 Å². The van der Waals surface area contributed by atoms with Crippen molar-refractivity contribution in [3.05, 3.63) is 29.3 Å². The molecule has 2 nitrogen and oxygen atoms in total. The van der Waals surface area contributed by atoms with Gasteiger partial charge in [0.2, 0.25) is 0 Å². The van der Waals surface area contributed by atoms with Crippen LogP contribution < -0.4 is 5.32 Å². The molecule has 0 aromatic heterocycles. The molecule has 1 aliphatic heterocycles. The highest BCUT2D eigenvalue weighted by Gasteiger charge is 2.48. The first-order valence-corrected chi connectivity index (χ1v) is 8.67. The molecule has 3 atom stereocenters. The van der Waals surface area contributed by atoms with Gasteiger partial charge in [-0.2, -0.15) is 0 Å². The van der Waals surface area contributed by atoms with Gasteiger partial charge < -0.3 is 5.32 Å². The number of likely N-dealkylation sites (tertiary alicyclic amines) is 1. The molecule has 2 bridgehead atoms. The topological polar surface area (TPSA) is 15.3 Å². The number of rotatable bonds is 3. The predicted octanol–water partition coefficient (Wildman–Crippen LogP) is 3.66. The minimum Gasteiger partial charge on any atom is -0.388 e. The Balaban J connectivity index is 1.70. The third-order valence-corrected chi connectivity index (χ3v) is 6.60. The molecule has 0 spiro atoms. The maximum Gasteiger partial charge on any atom is 0.0340 e. The number of anilines is 1. The first-order valence-electron chi connectivity index (χ1n) is 8.67. The van der Waals surface area contributed by atoms with E-state index >= 15 is 0 Å². The zero-order chi connectivity index (χ0) is 14.6. The lowest BCUT2D eigenvalue weighted by Crippen LogP contribution is -2.58. The molecule has 1 saturated carbocycles. The van der Waals surface area contributed by atoms with Crippen molar-refractivity contribution in [2.45, 2.75) is 51.0 Å². The average molecular weight is 284 g/mol. The second-order valence-electron chi connectivity index (χ2n) is 7.79. The molecule has 0 amide bonds. The molecule has 1 aromatic rings. The van der Waals surface area contributed by atoms with E-state index in [1.165, 1.54) is 44.5 Å². The number of hydrogen-bond acceptors (Lipinski definition) is 2. The van der Waals surface area contributed by atoms with Gasteiger partial charge in [-0.15, -0.1) is 0 Å². The number of fused-ring (bicyclic) bond motifs is 4. The third kappa shape index (κ3) is 2.11. The first-order chi connectivity index (χ1) is 10.1. The van der Waals surface area contributed by atoms with Crippen LogP contribution in [0.3, 0.4) is 0 Å². The Kier molecular flexibility index (Phi) is 3.08. The van der Waals surface area contributed by atoms with Gasteiger partial charge in [-0.25, -0.2) is 0 Å². The summed E-state index contributed by atoms with van der Waals surface area (Å²) < 4.78 is 0. The van der Waals surface area contributed by atoms with E-state index in [-0.39, 0.29) is 0 Å². The second-order valence-corrected chi connectivity index (χ2v) is 7.79. The van der Waals surface area contributed by atoms with E-state index in [2.05, 4.69) is 42.3 Å². The maximum atomic E-state index is 3.32. The summed E-state index contributed by atoms with van der Waals surface area (Å²) in [6.07, 6.45) is 5.51. The first kappa shape index (κ1) is 13.6. The lowest BCUT2D eigenvalue weighted by atomic mass is 9.59. The summed E-state index contributed by atoms with van der Waals surface area (Å²) in [5.74, 6) is 1.78. The smallest absolute Gasteiger partial charge is 0.0340 e. The monoisotopic (exact) mass is 284 g/mol. The van der Waals surface area contributed by atoms with Crippen LogP contribution in [-0.2, 0) is 11.8 Å². The molecule has 0 unspecified atom stereocenters. The van der Waals surface area contributed by atoms with Gasteiger partial charge in [0, 0.05) is 25.3 Å². The van der Waals surface area contributed by atoms with Gasteiger partial charge in [0.1, 0.15) is 0 Å². The van der Waals surface area contributed by atoms with Crippen molar-refractivity contribution in [1.82, 2.24) is 4.90 Å².